The molecule has 2 heterocycles. The van der Waals surface area contributed by atoms with Gasteiger partial charge in [0.2, 0.25) is 5.13 Å². The number of rotatable bonds is 7. The molecule has 0 saturated carbocycles. The minimum atomic E-state index is -0.223. The van der Waals surface area contributed by atoms with E-state index in [9.17, 15) is 4.39 Å². The first-order valence-electron chi connectivity index (χ1n) is 7.47. The topological polar surface area (TPSA) is 55.6 Å². The van der Waals surface area contributed by atoms with Gasteiger partial charge in [-0.3, -0.25) is 4.68 Å². The van der Waals surface area contributed by atoms with E-state index in [1.165, 1.54) is 23.5 Å². The summed E-state index contributed by atoms with van der Waals surface area (Å²) in [5, 5.41) is 17.6. The molecular formula is C16H18FN5S. The van der Waals surface area contributed by atoms with Crippen molar-refractivity contribution in [3.63, 3.8) is 0 Å². The van der Waals surface area contributed by atoms with Gasteiger partial charge in [-0.2, -0.15) is 5.10 Å². The Hall–Kier alpha value is -2.28. The Morgan fingerprint density at radius 3 is 2.83 bits per heavy atom. The van der Waals surface area contributed by atoms with Gasteiger partial charge in [0, 0.05) is 31.9 Å². The molecule has 5 nitrogen and oxygen atoms in total. The third-order valence-electron chi connectivity index (χ3n) is 3.40. The van der Waals surface area contributed by atoms with E-state index in [4.69, 9.17) is 0 Å². The molecule has 0 aliphatic rings. The Kier molecular flexibility index (Phi) is 4.97. The van der Waals surface area contributed by atoms with Crippen LogP contribution in [0.15, 0.2) is 42.7 Å². The summed E-state index contributed by atoms with van der Waals surface area (Å²) in [5.74, 6) is 0.207. The predicted octanol–water partition coefficient (Wildman–Crippen LogP) is 3.21. The Bertz CT molecular complexity index is 723. The molecule has 1 atom stereocenters. The van der Waals surface area contributed by atoms with Gasteiger partial charge in [-0.1, -0.05) is 30.4 Å². The van der Waals surface area contributed by atoms with Crippen LogP contribution in [-0.4, -0.2) is 26.5 Å². The van der Waals surface area contributed by atoms with E-state index in [0.29, 0.717) is 12.3 Å². The van der Waals surface area contributed by atoms with Crippen LogP contribution in [-0.2, 0) is 13.0 Å². The Morgan fingerprint density at radius 1 is 1.26 bits per heavy atom. The van der Waals surface area contributed by atoms with E-state index in [2.05, 4.69) is 27.5 Å². The van der Waals surface area contributed by atoms with Gasteiger partial charge in [0.05, 0.1) is 0 Å². The van der Waals surface area contributed by atoms with Crippen LogP contribution >= 0.6 is 11.3 Å². The highest BCUT2D eigenvalue weighted by molar-refractivity contribution is 7.15. The molecule has 0 fully saturated rings. The number of halogens is 1. The van der Waals surface area contributed by atoms with Gasteiger partial charge >= 0.3 is 0 Å². The summed E-state index contributed by atoms with van der Waals surface area (Å²) in [6, 6.07) is 8.40. The average Bonchev–Trinajstić information content (AvgIpc) is 3.19. The van der Waals surface area contributed by atoms with Crippen molar-refractivity contribution >= 4 is 16.5 Å². The van der Waals surface area contributed by atoms with Crippen LogP contribution < -0.4 is 5.32 Å². The summed E-state index contributed by atoms with van der Waals surface area (Å²) in [7, 11) is 0. The molecule has 0 aliphatic heterocycles. The van der Waals surface area contributed by atoms with Crippen LogP contribution in [0.3, 0.4) is 0 Å². The number of hydrogen-bond acceptors (Lipinski definition) is 5. The van der Waals surface area contributed by atoms with Crippen molar-refractivity contribution in [3.05, 3.63) is 59.1 Å². The first kappa shape index (κ1) is 15.6. The van der Waals surface area contributed by atoms with Gasteiger partial charge in [-0.25, -0.2) is 4.39 Å². The lowest BCUT2D eigenvalue weighted by Gasteiger charge is -2.11. The van der Waals surface area contributed by atoms with Gasteiger partial charge in [0.15, 0.2) is 0 Å². The standard InChI is InChI=1S/C16H18FN5S/c1-12(11-22-8-2-7-19-22)10-18-16-21-20-15(23-16)9-13-3-5-14(17)6-4-13/h2-8,12H,9-11H2,1H3,(H,18,21). The van der Waals surface area contributed by atoms with Gasteiger partial charge in [-0.15, -0.1) is 10.2 Å². The van der Waals surface area contributed by atoms with Gasteiger partial charge < -0.3 is 5.32 Å². The summed E-state index contributed by atoms with van der Waals surface area (Å²) >= 11 is 1.53. The molecule has 0 amide bonds. The van der Waals surface area contributed by atoms with E-state index in [0.717, 1.165) is 28.8 Å². The minimum Gasteiger partial charge on any atom is -0.360 e. The molecule has 0 saturated heterocycles. The van der Waals surface area contributed by atoms with E-state index < -0.39 is 0 Å². The molecule has 1 N–H and O–H groups in total. The van der Waals surface area contributed by atoms with Crippen molar-refractivity contribution in [2.45, 2.75) is 19.9 Å². The molecular weight excluding hydrogens is 313 g/mol. The molecule has 3 aromatic rings. The van der Waals surface area contributed by atoms with Crippen LogP contribution in [0.25, 0.3) is 0 Å². The average molecular weight is 331 g/mol. The van der Waals surface area contributed by atoms with Crippen molar-refractivity contribution in [3.8, 4) is 0 Å². The minimum absolute atomic E-state index is 0.223. The highest BCUT2D eigenvalue weighted by Gasteiger charge is 2.08. The lowest BCUT2D eigenvalue weighted by atomic mass is 10.2. The second-order valence-electron chi connectivity index (χ2n) is 5.52. The molecule has 0 radical (unpaired) electrons. The van der Waals surface area contributed by atoms with E-state index in [1.807, 2.05) is 16.9 Å². The van der Waals surface area contributed by atoms with Crippen LogP contribution in [0.5, 0.6) is 0 Å². The van der Waals surface area contributed by atoms with Crippen LogP contribution in [0, 0.1) is 11.7 Å². The summed E-state index contributed by atoms with van der Waals surface area (Å²) in [6.45, 7) is 3.83. The highest BCUT2D eigenvalue weighted by Crippen LogP contribution is 2.19. The zero-order valence-electron chi connectivity index (χ0n) is 12.8. The second-order valence-corrected chi connectivity index (χ2v) is 6.58. The fraction of sp³-hybridized carbons (Fsp3) is 0.312. The smallest absolute Gasteiger partial charge is 0.205 e. The normalized spacial score (nSPS) is 12.3. The number of anilines is 1. The van der Waals surface area contributed by atoms with E-state index in [1.54, 1.807) is 18.3 Å². The summed E-state index contributed by atoms with van der Waals surface area (Å²) < 4.78 is 14.8. The summed E-state index contributed by atoms with van der Waals surface area (Å²) in [5.41, 5.74) is 1.03. The monoisotopic (exact) mass is 331 g/mol. The molecule has 3 rings (SSSR count). The van der Waals surface area contributed by atoms with Crippen LogP contribution in [0.2, 0.25) is 0 Å². The maximum atomic E-state index is 12.9. The van der Waals surface area contributed by atoms with Crippen molar-refractivity contribution in [2.75, 3.05) is 11.9 Å². The van der Waals surface area contributed by atoms with E-state index in [-0.39, 0.29) is 5.82 Å². The zero-order chi connectivity index (χ0) is 16.1. The molecule has 1 aromatic carbocycles. The lowest BCUT2D eigenvalue weighted by molar-refractivity contribution is 0.467. The molecule has 1 unspecified atom stereocenters. The molecule has 0 bridgehead atoms. The molecule has 7 heteroatoms. The Labute approximate surface area is 138 Å². The second kappa shape index (κ2) is 7.32. The van der Waals surface area contributed by atoms with Gasteiger partial charge in [0.1, 0.15) is 10.8 Å². The van der Waals surface area contributed by atoms with Crippen molar-refractivity contribution in [2.24, 2.45) is 5.92 Å². The lowest BCUT2D eigenvalue weighted by Crippen LogP contribution is -2.17. The third kappa shape index (κ3) is 4.59. The first-order valence-corrected chi connectivity index (χ1v) is 8.29. The summed E-state index contributed by atoms with van der Waals surface area (Å²) in [4.78, 5) is 0. The maximum absolute atomic E-state index is 12.9. The Morgan fingerprint density at radius 2 is 2.09 bits per heavy atom. The van der Waals surface area contributed by atoms with Crippen molar-refractivity contribution in [1.82, 2.24) is 20.0 Å². The molecule has 0 aliphatic carbocycles. The number of hydrogen-bond donors (Lipinski definition) is 1. The molecule has 23 heavy (non-hydrogen) atoms. The number of benzene rings is 1. The largest absolute Gasteiger partial charge is 0.360 e. The number of nitrogens with one attached hydrogen (secondary N) is 1. The SMILES string of the molecule is CC(CNc1nnc(Cc2ccc(F)cc2)s1)Cn1cccn1. The van der Waals surface area contributed by atoms with Crippen molar-refractivity contribution in [1.29, 1.82) is 0 Å². The third-order valence-corrected chi connectivity index (χ3v) is 4.28. The van der Waals surface area contributed by atoms with Crippen LogP contribution in [0.1, 0.15) is 17.5 Å². The van der Waals surface area contributed by atoms with Crippen molar-refractivity contribution < 1.29 is 4.39 Å². The molecule has 0 spiro atoms. The predicted molar refractivity (Wildman–Crippen MR) is 89.0 cm³/mol. The maximum Gasteiger partial charge on any atom is 0.205 e. The van der Waals surface area contributed by atoms with E-state index >= 15 is 0 Å². The fourth-order valence-corrected chi connectivity index (χ4v) is 3.01. The number of nitrogens with zero attached hydrogens (tertiary/aromatic N) is 4. The Balaban J connectivity index is 1.50. The van der Waals surface area contributed by atoms with Crippen LogP contribution in [0.4, 0.5) is 9.52 Å². The quantitative estimate of drug-likeness (QED) is 0.722. The molecule has 120 valence electrons. The fourth-order valence-electron chi connectivity index (χ4n) is 2.23. The molecule has 2 aromatic heterocycles. The highest BCUT2D eigenvalue weighted by atomic mass is 32.1. The number of aromatic nitrogens is 4. The first-order chi connectivity index (χ1) is 11.2. The van der Waals surface area contributed by atoms with Gasteiger partial charge in [-0.05, 0) is 29.7 Å². The summed E-state index contributed by atoms with van der Waals surface area (Å²) in [6.07, 6.45) is 4.41. The van der Waals surface area contributed by atoms with Gasteiger partial charge in [0.25, 0.3) is 0 Å². The zero-order valence-corrected chi connectivity index (χ0v) is 13.6.